The highest BCUT2D eigenvalue weighted by Gasteiger charge is 2.25. The van der Waals surface area contributed by atoms with Crippen molar-refractivity contribution in [1.82, 2.24) is 0 Å². The number of alkyl halides is 3. The molecule has 0 aliphatic heterocycles. The first kappa shape index (κ1) is 13.9. The molecule has 1 aromatic carbocycles. The molecule has 96 valence electrons. The van der Waals surface area contributed by atoms with Gasteiger partial charge in [0.15, 0.2) is 0 Å². The van der Waals surface area contributed by atoms with Crippen molar-refractivity contribution in [2.45, 2.75) is 24.6 Å². The molecule has 0 aliphatic rings. The van der Waals surface area contributed by atoms with Crippen molar-refractivity contribution in [2.75, 3.05) is 0 Å². The monoisotopic (exact) mass is 270 g/mol. The van der Waals surface area contributed by atoms with E-state index in [0.717, 1.165) is 5.56 Å². The van der Waals surface area contributed by atoms with Gasteiger partial charge in [-0.3, -0.25) is 0 Å². The fourth-order valence-corrected chi connectivity index (χ4v) is 1.60. The van der Waals surface area contributed by atoms with Gasteiger partial charge in [-0.1, -0.05) is 22.0 Å². The van der Waals surface area contributed by atoms with E-state index < -0.39 is 22.9 Å². The van der Waals surface area contributed by atoms with Crippen LogP contribution in [0.5, 0.6) is 0 Å². The molecule has 1 unspecified atom stereocenters. The number of hydrogen-bond acceptors (Lipinski definition) is 4. The number of benzene rings is 1. The van der Waals surface area contributed by atoms with Crippen molar-refractivity contribution in [1.29, 1.82) is 0 Å². The first-order valence-corrected chi connectivity index (χ1v) is 5.82. The fraction of sp³-hybridized carbons (Fsp3) is 0.333. The molecule has 0 fully saturated rings. The highest BCUT2D eigenvalue weighted by molar-refractivity contribution is 7.86. The van der Waals surface area contributed by atoms with E-state index >= 15 is 0 Å². The van der Waals surface area contributed by atoms with Gasteiger partial charge < -0.3 is 0 Å². The van der Waals surface area contributed by atoms with E-state index in [4.69, 9.17) is 0 Å². The van der Waals surface area contributed by atoms with E-state index in [2.05, 4.69) is 9.22 Å². The molecule has 1 aromatic rings. The smallest absolute Gasteiger partial charge is 0.206 e. The maximum absolute atomic E-state index is 12.3. The summed E-state index contributed by atoms with van der Waals surface area (Å²) < 4.78 is 62.0. The maximum atomic E-state index is 12.3. The van der Waals surface area contributed by atoms with Gasteiger partial charge in [0.2, 0.25) is 0 Å². The van der Waals surface area contributed by atoms with Gasteiger partial charge in [0, 0.05) is 0 Å². The Kier molecular flexibility index (Phi) is 4.49. The molecule has 8 heteroatoms. The Bertz CT molecular complexity index is 458. The van der Waals surface area contributed by atoms with Crippen LogP contribution >= 0.6 is 0 Å². The lowest BCUT2D eigenvalue weighted by Crippen LogP contribution is -2.19. The minimum Gasteiger partial charge on any atom is -0.206 e. The highest BCUT2D eigenvalue weighted by atomic mass is 32.2. The molecule has 0 aromatic heterocycles. The van der Waals surface area contributed by atoms with Crippen LogP contribution in [0.1, 0.15) is 5.56 Å². The molecular weight excluding hydrogens is 261 g/mol. The first-order chi connectivity index (χ1) is 7.83. The summed E-state index contributed by atoms with van der Waals surface area (Å²) in [6.45, 7) is 1.72. The molecule has 1 atom stereocenters. The number of hydrogen-bond donors (Lipinski definition) is 0. The quantitative estimate of drug-likeness (QED) is 0.608. The lowest BCUT2D eigenvalue weighted by Gasteiger charge is -2.07. The van der Waals surface area contributed by atoms with Gasteiger partial charge >= 0.3 is 10.1 Å². The molecule has 0 aliphatic carbocycles. The van der Waals surface area contributed by atoms with Gasteiger partial charge in [-0.25, -0.2) is 13.2 Å². The van der Waals surface area contributed by atoms with Crippen LogP contribution in [0.3, 0.4) is 0 Å². The third-order valence-electron chi connectivity index (χ3n) is 1.73. The summed E-state index contributed by atoms with van der Waals surface area (Å²) in [4.78, 5) is 3.13. The maximum Gasteiger partial charge on any atom is 0.323 e. The van der Waals surface area contributed by atoms with Gasteiger partial charge in [0.1, 0.15) is 0 Å². The largest absolute Gasteiger partial charge is 0.323 e. The third-order valence-corrected chi connectivity index (χ3v) is 2.84. The minimum absolute atomic E-state index is 0.315. The van der Waals surface area contributed by atoms with E-state index in [1.54, 1.807) is 6.92 Å². The zero-order valence-electron chi connectivity index (χ0n) is 8.64. The van der Waals surface area contributed by atoms with Gasteiger partial charge in [0.05, 0.1) is 4.90 Å². The highest BCUT2D eigenvalue weighted by Crippen LogP contribution is 2.16. The predicted molar refractivity (Wildman–Crippen MR) is 51.4 cm³/mol. The Labute approximate surface area is 96.0 Å². The average molecular weight is 270 g/mol. The van der Waals surface area contributed by atoms with E-state index in [9.17, 15) is 21.6 Å². The fourth-order valence-electron chi connectivity index (χ4n) is 0.875. The van der Waals surface area contributed by atoms with Crippen LogP contribution < -0.4 is 0 Å². The summed E-state index contributed by atoms with van der Waals surface area (Å²) in [6, 6.07) is 5.31. The zero-order valence-corrected chi connectivity index (χ0v) is 9.46. The van der Waals surface area contributed by atoms with Crippen molar-refractivity contribution in [3.63, 3.8) is 0 Å². The van der Waals surface area contributed by atoms with Crippen LogP contribution in [0.4, 0.5) is 13.2 Å². The van der Waals surface area contributed by atoms with Crippen molar-refractivity contribution < 1.29 is 30.8 Å². The lowest BCUT2D eigenvalue weighted by atomic mass is 10.2. The molecule has 0 radical (unpaired) electrons. The van der Waals surface area contributed by atoms with E-state index in [1.807, 2.05) is 0 Å². The Hall–Kier alpha value is -1.12. The summed E-state index contributed by atoms with van der Waals surface area (Å²) in [6.07, 6.45) is -6.60. The summed E-state index contributed by atoms with van der Waals surface area (Å²) in [7, 11) is -4.40. The Morgan fingerprint density at radius 2 is 1.65 bits per heavy atom. The summed E-state index contributed by atoms with van der Waals surface area (Å²) >= 11 is 0. The molecule has 0 saturated carbocycles. The van der Waals surface area contributed by atoms with Gasteiger partial charge in [-0.15, -0.1) is 0 Å². The van der Waals surface area contributed by atoms with Crippen molar-refractivity contribution in [2.24, 2.45) is 0 Å². The molecule has 0 N–H and O–H groups in total. The molecule has 1 rings (SSSR count). The molecule has 0 amide bonds. The second-order valence-electron chi connectivity index (χ2n) is 3.12. The van der Waals surface area contributed by atoms with Crippen molar-refractivity contribution in [3.8, 4) is 0 Å². The molecule has 0 heterocycles. The minimum atomic E-state index is -4.40. The lowest BCUT2D eigenvalue weighted by molar-refractivity contribution is -0.306. The van der Waals surface area contributed by atoms with Gasteiger partial charge in [0.25, 0.3) is 12.8 Å². The summed E-state index contributed by atoms with van der Waals surface area (Å²) in [5, 5.41) is 0. The van der Waals surface area contributed by atoms with E-state index in [-0.39, 0.29) is 4.90 Å². The average Bonchev–Trinajstić information content (AvgIpc) is 2.26. The van der Waals surface area contributed by atoms with Gasteiger partial charge in [-0.05, 0) is 19.1 Å². The van der Waals surface area contributed by atoms with Crippen molar-refractivity contribution in [3.05, 3.63) is 29.8 Å². The van der Waals surface area contributed by atoms with Crippen molar-refractivity contribution >= 4 is 10.1 Å². The predicted octanol–water partition coefficient (Wildman–Crippen LogP) is 2.19. The van der Waals surface area contributed by atoms with Gasteiger partial charge in [-0.2, -0.15) is 13.3 Å². The van der Waals surface area contributed by atoms with Crippen LogP contribution in [0.15, 0.2) is 29.2 Å². The third kappa shape index (κ3) is 3.99. The number of rotatable bonds is 5. The Balaban J connectivity index is 2.72. The van der Waals surface area contributed by atoms with Crippen LogP contribution in [0.25, 0.3) is 0 Å². The van der Waals surface area contributed by atoms with Crippen LogP contribution in [-0.4, -0.2) is 21.2 Å². The number of halogens is 3. The molecule has 17 heavy (non-hydrogen) atoms. The SMILES string of the molecule is Cc1ccc(S(=O)(=O)OOC(F)C(F)F)cc1. The molecule has 4 nitrogen and oxygen atoms in total. The molecule has 0 spiro atoms. The Morgan fingerprint density at radius 3 is 2.12 bits per heavy atom. The number of aryl methyl sites for hydroxylation is 1. The summed E-state index contributed by atoms with van der Waals surface area (Å²) in [5.41, 5.74) is 0.792. The van der Waals surface area contributed by atoms with Crippen LogP contribution in [0, 0.1) is 6.92 Å². The van der Waals surface area contributed by atoms with Crippen LogP contribution in [0.2, 0.25) is 0 Å². The van der Waals surface area contributed by atoms with E-state index in [0.29, 0.717) is 0 Å². The first-order valence-electron chi connectivity index (χ1n) is 4.42. The standard InChI is InChI=1S/C9H9F3O4S/c1-6-2-4-7(5-3-6)17(13,14)16-15-9(12)8(10)11/h2-5,8-9H,1H3. The summed E-state index contributed by atoms with van der Waals surface area (Å²) in [5.74, 6) is 0. The topological polar surface area (TPSA) is 52.6 Å². The Morgan fingerprint density at radius 1 is 1.12 bits per heavy atom. The molecule has 0 bridgehead atoms. The molecular formula is C9H9F3O4S. The van der Waals surface area contributed by atoms with E-state index in [1.165, 1.54) is 24.3 Å². The second kappa shape index (κ2) is 5.48. The molecule has 0 saturated heterocycles. The second-order valence-corrected chi connectivity index (χ2v) is 4.63. The normalized spacial score (nSPS) is 13.9. The zero-order chi connectivity index (χ0) is 13.1. The van der Waals surface area contributed by atoms with Crippen LogP contribution in [-0.2, 0) is 19.3 Å².